The number of carbonyl (C=O) groups excluding carboxylic acids is 1. The zero-order valence-corrected chi connectivity index (χ0v) is 28.7. The van der Waals surface area contributed by atoms with Gasteiger partial charge in [0, 0.05) is 31.0 Å². The summed E-state index contributed by atoms with van der Waals surface area (Å²) in [6.07, 6.45) is 10.0. The van der Waals surface area contributed by atoms with Crippen LogP contribution in [0.4, 0.5) is 4.39 Å². The summed E-state index contributed by atoms with van der Waals surface area (Å²) in [6, 6.07) is 33.6. The number of hydrogen-bond acceptors (Lipinski definition) is 3. The van der Waals surface area contributed by atoms with Crippen LogP contribution in [0.25, 0.3) is 0 Å². The van der Waals surface area contributed by atoms with Crippen LogP contribution in [0.3, 0.4) is 0 Å². The predicted octanol–water partition coefficient (Wildman–Crippen LogP) is 9.14. The van der Waals surface area contributed by atoms with Gasteiger partial charge in [0.25, 0.3) is 0 Å². The van der Waals surface area contributed by atoms with E-state index < -0.39 is 0 Å². The Morgan fingerprint density at radius 1 is 0.917 bits per heavy atom. The Morgan fingerprint density at radius 3 is 2.21 bits per heavy atom. The van der Waals surface area contributed by atoms with E-state index in [1.165, 1.54) is 59.2 Å². The first-order chi connectivity index (χ1) is 23.5. The highest BCUT2D eigenvalue weighted by Crippen LogP contribution is 2.47. The van der Waals surface area contributed by atoms with Crippen molar-refractivity contribution in [2.45, 2.75) is 82.6 Å². The lowest BCUT2D eigenvalue weighted by atomic mass is 9.68. The third kappa shape index (κ3) is 7.84. The second kappa shape index (κ2) is 16.0. The minimum absolute atomic E-state index is 0.0450. The molecule has 0 radical (unpaired) electrons. The van der Waals surface area contributed by atoms with E-state index in [1.807, 2.05) is 0 Å². The molecule has 4 aromatic rings. The summed E-state index contributed by atoms with van der Waals surface area (Å²) < 4.78 is 19.1. The number of amides is 1. The number of halogens is 1. The van der Waals surface area contributed by atoms with Crippen molar-refractivity contribution >= 4 is 5.91 Å². The van der Waals surface area contributed by atoms with Gasteiger partial charge in [-0.15, -0.1) is 0 Å². The molecule has 1 atom stereocenters. The molecule has 1 amide bonds. The minimum Gasteiger partial charge on any atom is -0.496 e. The summed E-state index contributed by atoms with van der Waals surface area (Å²) in [6.45, 7) is 4.97. The Kier molecular flexibility index (Phi) is 11.3. The van der Waals surface area contributed by atoms with Gasteiger partial charge in [-0.2, -0.15) is 0 Å². The molecule has 5 heteroatoms. The number of carbonyl (C=O) groups is 1. The first kappa shape index (κ1) is 33.9. The number of fused-ring (bicyclic) bond motifs is 1. The molecule has 1 saturated carbocycles. The van der Waals surface area contributed by atoms with E-state index in [-0.39, 0.29) is 17.1 Å². The maximum absolute atomic E-state index is 13.3. The lowest BCUT2D eigenvalue weighted by molar-refractivity contribution is -0.121. The molecule has 1 heterocycles. The zero-order chi connectivity index (χ0) is 33.3. The molecular weight excluding hydrogens is 595 g/mol. The number of hydrogen-bond donors (Lipinski definition) is 1. The van der Waals surface area contributed by atoms with Gasteiger partial charge in [0.15, 0.2) is 0 Å². The maximum Gasteiger partial charge on any atom is 0.220 e. The second-order valence-electron chi connectivity index (χ2n) is 13.9. The van der Waals surface area contributed by atoms with Crippen molar-refractivity contribution in [3.8, 4) is 5.75 Å². The summed E-state index contributed by atoms with van der Waals surface area (Å²) in [4.78, 5) is 15.5. The quantitative estimate of drug-likeness (QED) is 0.131. The minimum atomic E-state index is -0.251. The van der Waals surface area contributed by atoms with Crippen LogP contribution >= 0.6 is 0 Å². The van der Waals surface area contributed by atoms with E-state index >= 15 is 0 Å². The summed E-state index contributed by atoms with van der Waals surface area (Å²) >= 11 is 0. The van der Waals surface area contributed by atoms with Gasteiger partial charge in [0.05, 0.1) is 7.11 Å². The van der Waals surface area contributed by atoms with Crippen molar-refractivity contribution in [1.29, 1.82) is 0 Å². The molecule has 252 valence electrons. The second-order valence-corrected chi connectivity index (χ2v) is 13.9. The zero-order valence-electron chi connectivity index (χ0n) is 28.7. The molecule has 1 aliphatic carbocycles. The maximum atomic E-state index is 13.3. The van der Waals surface area contributed by atoms with Crippen LogP contribution in [0.15, 0.2) is 97.1 Å². The highest BCUT2D eigenvalue weighted by Gasteiger charge is 2.38. The normalized spacial score (nSPS) is 16.6. The molecular formula is C43H51FN2O2. The molecule has 1 fully saturated rings. The van der Waals surface area contributed by atoms with E-state index in [0.717, 1.165) is 62.4 Å². The van der Waals surface area contributed by atoms with Crippen LogP contribution in [-0.4, -0.2) is 37.6 Å². The lowest BCUT2D eigenvalue weighted by Crippen LogP contribution is -2.42. The smallest absolute Gasteiger partial charge is 0.220 e. The number of nitrogens with zero attached hydrogens (tertiary/aromatic N) is 1. The lowest BCUT2D eigenvalue weighted by Gasteiger charge is -2.46. The van der Waals surface area contributed by atoms with E-state index in [2.05, 4.69) is 89.9 Å². The van der Waals surface area contributed by atoms with Crippen LogP contribution < -0.4 is 10.1 Å². The number of ether oxygens (including phenoxy) is 1. The van der Waals surface area contributed by atoms with Crippen molar-refractivity contribution in [3.63, 3.8) is 0 Å². The summed E-state index contributed by atoms with van der Waals surface area (Å²) in [5, 5.41) is 3.17. The third-order valence-corrected chi connectivity index (χ3v) is 11.0. The molecule has 1 unspecified atom stereocenters. The van der Waals surface area contributed by atoms with Crippen LogP contribution in [0.5, 0.6) is 5.75 Å². The monoisotopic (exact) mass is 646 g/mol. The predicted molar refractivity (Wildman–Crippen MR) is 193 cm³/mol. The number of methoxy groups -OCH3 is 1. The number of nitrogens with one attached hydrogen (secondary N) is 1. The van der Waals surface area contributed by atoms with Gasteiger partial charge < -0.3 is 10.1 Å². The Bertz CT molecular complexity index is 1580. The molecule has 1 aliphatic heterocycles. The van der Waals surface area contributed by atoms with E-state index in [1.54, 1.807) is 19.2 Å². The topological polar surface area (TPSA) is 41.6 Å². The summed E-state index contributed by atoms with van der Waals surface area (Å²) in [5.74, 6) is 1.52. The van der Waals surface area contributed by atoms with Crippen LogP contribution in [0.1, 0.15) is 90.8 Å². The van der Waals surface area contributed by atoms with E-state index in [0.29, 0.717) is 25.4 Å². The fourth-order valence-corrected chi connectivity index (χ4v) is 8.22. The average molecular weight is 647 g/mol. The molecule has 2 aliphatic rings. The molecule has 0 bridgehead atoms. The van der Waals surface area contributed by atoms with Gasteiger partial charge in [-0.25, -0.2) is 4.39 Å². The van der Waals surface area contributed by atoms with Gasteiger partial charge in [-0.05, 0) is 122 Å². The largest absolute Gasteiger partial charge is 0.496 e. The van der Waals surface area contributed by atoms with E-state index in [9.17, 15) is 9.18 Å². The highest BCUT2D eigenvalue weighted by atomic mass is 19.1. The van der Waals surface area contributed by atoms with Gasteiger partial charge in [-0.1, -0.05) is 85.3 Å². The van der Waals surface area contributed by atoms with Gasteiger partial charge in [0.2, 0.25) is 5.91 Å². The van der Waals surface area contributed by atoms with E-state index in [4.69, 9.17) is 4.74 Å². The number of rotatable bonds is 15. The fourth-order valence-electron chi connectivity index (χ4n) is 8.22. The first-order valence-electron chi connectivity index (χ1n) is 18.0. The molecule has 4 nitrogen and oxygen atoms in total. The number of aryl methyl sites for hydroxylation is 2. The van der Waals surface area contributed by atoms with Crippen molar-refractivity contribution in [3.05, 3.63) is 136 Å². The van der Waals surface area contributed by atoms with Crippen LogP contribution in [0, 0.1) is 18.7 Å². The Morgan fingerprint density at radius 2 is 1.58 bits per heavy atom. The Balaban J connectivity index is 1.16. The van der Waals surface area contributed by atoms with Gasteiger partial charge in [-0.3, -0.25) is 9.69 Å². The summed E-state index contributed by atoms with van der Waals surface area (Å²) in [5.41, 5.74) is 7.74. The van der Waals surface area contributed by atoms with Gasteiger partial charge in [0.1, 0.15) is 11.6 Å². The molecule has 0 saturated heterocycles. The molecule has 4 aromatic carbocycles. The molecule has 6 rings (SSSR count). The molecule has 1 N–H and O–H groups in total. The Labute approximate surface area is 286 Å². The molecule has 0 aromatic heterocycles. The van der Waals surface area contributed by atoms with Crippen LogP contribution in [0.2, 0.25) is 0 Å². The van der Waals surface area contributed by atoms with Crippen molar-refractivity contribution < 1.29 is 13.9 Å². The third-order valence-electron chi connectivity index (χ3n) is 11.0. The van der Waals surface area contributed by atoms with Crippen molar-refractivity contribution in [2.75, 3.05) is 26.7 Å². The van der Waals surface area contributed by atoms with Crippen molar-refractivity contribution in [1.82, 2.24) is 10.2 Å². The van der Waals surface area contributed by atoms with Gasteiger partial charge >= 0.3 is 0 Å². The fraction of sp³-hybridized carbons (Fsp3) is 0.419. The summed E-state index contributed by atoms with van der Waals surface area (Å²) in [7, 11) is 1.79. The molecule has 0 spiro atoms. The van der Waals surface area contributed by atoms with Crippen molar-refractivity contribution in [2.24, 2.45) is 5.92 Å². The Hall–Kier alpha value is -3.96. The molecule has 48 heavy (non-hydrogen) atoms. The highest BCUT2D eigenvalue weighted by molar-refractivity contribution is 5.76. The SMILES string of the molecule is COc1cc2c(cc1C)CCN(CCCC(CCCNC(=O)CCc1ccc(F)cc1)(c1ccccc1)c1ccccc1)C2C1CCC1. The number of benzene rings is 4. The van der Waals surface area contributed by atoms with Crippen LogP contribution in [-0.2, 0) is 23.1 Å². The standard InChI is InChI=1S/C43H51FN2O2/c1-32-30-35-24-29-46(42(34-12-9-13-34)39(35)31-40(32)48-2)28-11-26-43(36-14-5-3-6-15-36,37-16-7-4-8-17-37)25-10-27-45-41(47)23-20-33-18-21-38(44)22-19-33/h3-8,14-19,21-22,30-31,34,42H,9-13,20,23-29H2,1-2H3,(H,45,47). The average Bonchev–Trinajstić information content (AvgIpc) is 3.09. The first-order valence-corrected chi connectivity index (χ1v) is 18.0.